The number of thiazole rings is 1. The molecule has 1 aliphatic heterocycles. The summed E-state index contributed by atoms with van der Waals surface area (Å²) in [6, 6.07) is -0.195. The largest absolute Gasteiger partial charge is 0.408 e. The van der Waals surface area contributed by atoms with Gasteiger partial charge >= 0.3 is 6.18 Å². The fourth-order valence-electron chi connectivity index (χ4n) is 4.61. The van der Waals surface area contributed by atoms with Crippen molar-refractivity contribution in [1.29, 1.82) is 0 Å². The monoisotopic (exact) mass is 575 g/mol. The number of alkyl halides is 4. The van der Waals surface area contributed by atoms with E-state index < -0.39 is 24.3 Å². The summed E-state index contributed by atoms with van der Waals surface area (Å²) in [5.74, 6) is -0.000778. The number of aromatic nitrogens is 7. The first-order valence-corrected chi connectivity index (χ1v) is 13.7. The van der Waals surface area contributed by atoms with E-state index in [4.69, 9.17) is 0 Å². The highest BCUT2D eigenvalue weighted by molar-refractivity contribution is 7.13. The fourth-order valence-corrected chi connectivity index (χ4v) is 5.35. The molecule has 0 radical (unpaired) electrons. The van der Waals surface area contributed by atoms with Gasteiger partial charge in [-0.3, -0.25) is 9.36 Å². The number of carbonyl (C=O) groups excluding carboxylic acids is 1. The Kier molecular flexibility index (Phi) is 6.76. The van der Waals surface area contributed by atoms with Crippen LogP contribution in [0.1, 0.15) is 60.7 Å². The molecule has 0 spiro atoms. The van der Waals surface area contributed by atoms with Crippen molar-refractivity contribution >= 4 is 28.7 Å². The smallest absolute Gasteiger partial charge is 0.368 e. The lowest BCUT2D eigenvalue weighted by molar-refractivity contribution is -0.162. The number of carbonyl (C=O) groups is 1. The van der Waals surface area contributed by atoms with Crippen LogP contribution >= 0.6 is 11.3 Å². The number of amides is 1. The van der Waals surface area contributed by atoms with Gasteiger partial charge in [0.05, 0.1) is 29.6 Å². The Hall–Kier alpha value is -3.88. The molecule has 1 aliphatic carbocycles. The summed E-state index contributed by atoms with van der Waals surface area (Å²) < 4.78 is 56.3. The normalized spacial score (nSPS) is 17.3. The van der Waals surface area contributed by atoms with Gasteiger partial charge in [0.25, 0.3) is 5.91 Å². The Morgan fingerprint density at radius 3 is 2.62 bits per heavy atom. The van der Waals surface area contributed by atoms with Crippen LogP contribution in [0, 0.1) is 0 Å². The van der Waals surface area contributed by atoms with E-state index in [2.05, 4.69) is 35.4 Å². The third-order valence-electron chi connectivity index (χ3n) is 7.14. The van der Waals surface area contributed by atoms with Crippen LogP contribution in [0.15, 0.2) is 36.5 Å². The molecule has 4 aromatic heterocycles. The molecule has 0 bridgehead atoms. The van der Waals surface area contributed by atoms with Gasteiger partial charge in [-0.15, -0.1) is 21.5 Å². The number of piperidine rings is 1. The first-order chi connectivity index (χ1) is 19.2. The molecule has 2 aliphatic rings. The quantitative estimate of drug-likeness (QED) is 0.303. The molecular weight excluding hydrogens is 550 g/mol. The van der Waals surface area contributed by atoms with Crippen LogP contribution in [0.2, 0.25) is 0 Å². The number of hydrogen-bond acceptors (Lipinski definition) is 8. The van der Waals surface area contributed by atoms with Crippen LogP contribution in [0.5, 0.6) is 0 Å². The summed E-state index contributed by atoms with van der Waals surface area (Å²) >= 11 is 1.03. The van der Waals surface area contributed by atoms with Crippen LogP contribution < -0.4 is 10.2 Å². The SMILES string of the molecule is CC(n1cnnc1-c1nc(NC(=O)c2cc(-n3cnc(C4CC4)c3)c(N3CCC(F)CC3)cn2)cs1)C(F)(F)F. The lowest BCUT2D eigenvalue weighted by Crippen LogP contribution is -2.35. The summed E-state index contributed by atoms with van der Waals surface area (Å²) in [5, 5.41) is 11.8. The summed E-state index contributed by atoms with van der Waals surface area (Å²) in [4.78, 5) is 28.4. The summed E-state index contributed by atoms with van der Waals surface area (Å²) in [6.07, 6.45) is 3.97. The molecule has 15 heteroatoms. The Morgan fingerprint density at radius 1 is 1.12 bits per heavy atom. The average molecular weight is 576 g/mol. The van der Waals surface area contributed by atoms with Crippen molar-refractivity contribution in [2.24, 2.45) is 0 Å². The first-order valence-electron chi connectivity index (χ1n) is 12.8. The lowest BCUT2D eigenvalue weighted by Gasteiger charge is -2.32. The number of halogens is 4. The Morgan fingerprint density at radius 2 is 1.90 bits per heavy atom. The molecule has 4 aromatic rings. The Labute approximate surface area is 230 Å². The summed E-state index contributed by atoms with van der Waals surface area (Å²) in [7, 11) is 0. The molecule has 1 atom stereocenters. The van der Waals surface area contributed by atoms with E-state index in [9.17, 15) is 22.4 Å². The minimum absolute atomic E-state index is 0.0521. The number of hydrogen-bond donors (Lipinski definition) is 1. The van der Waals surface area contributed by atoms with Crippen LogP contribution in [0.4, 0.5) is 29.1 Å². The predicted molar refractivity (Wildman–Crippen MR) is 140 cm³/mol. The van der Waals surface area contributed by atoms with E-state index in [-0.39, 0.29) is 22.3 Å². The van der Waals surface area contributed by atoms with Gasteiger partial charge in [0.1, 0.15) is 30.1 Å². The minimum atomic E-state index is -4.49. The molecule has 6 rings (SSSR count). The second kappa shape index (κ2) is 10.3. The van der Waals surface area contributed by atoms with Crippen molar-refractivity contribution in [2.75, 3.05) is 23.3 Å². The van der Waals surface area contributed by atoms with Gasteiger partial charge in [-0.25, -0.2) is 19.3 Å². The Balaban J connectivity index is 1.25. The van der Waals surface area contributed by atoms with Crippen molar-refractivity contribution in [3.05, 3.63) is 47.9 Å². The van der Waals surface area contributed by atoms with Gasteiger partial charge in [-0.1, -0.05) is 0 Å². The van der Waals surface area contributed by atoms with E-state index in [0.717, 1.165) is 53.4 Å². The molecule has 1 amide bonds. The predicted octanol–water partition coefficient (Wildman–Crippen LogP) is 5.17. The Bertz CT molecular complexity index is 1520. The number of rotatable bonds is 7. The standard InChI is InChI=1S/C25H25F4N9OS/c1-14(25(27,28)29)38-13-32-35-22(38)24-34-21(11-40-24)33-23(39)17-8-19(37-10-18(31-12-37)15-2-3-15)20(9-30-17)36-6-4-16(26)5-7-36/h8-16H,2-7H2,1H3,(H,33,39). The van der Waals surface area contributed by atoms with E-state index in [1.165, 1.54) is 5.38 Å². The second-order valence-corrected chi connectivity index (χ2v) is 10.8. The minimum Gasteiger partial charge on any atom is -0.368 e. The van der Waals surface area contributed by atoms with Crippen molar-refractivity contribution in [3.63, 3.8) is 0 Å². The second-order valence-electron chi connectivity index (χ2n) is 9.97. The van der Waals surface area contributed by atoms with E-state index in [1.807, 2.05) is 10.8 Å². The van der Waals surface area contributed by atoms with Crippen molar-refractivity contribution in [1.82, 2.24) is 34.3 Å². The van der Waals surface area contributed by atoms with Gasteiger partial charge in [0, 0.05) is 30.6 Å². The zero-order chi connectivity index (χ0) is 28.0. The number of anilines is 2. The number of pyridine rings is 1. The highest BCUT2D eigenvalue weighted by atomic mass is 32.1. The van der Waals surface area contributed by atoms with Crippen LogP contribution in [-0.4, -0.2) is 65.6 Å². The number of nitrogens with zero attached hydrogens (tertiary/aromatic N) is 8. The van der Waals surface area contributed by atoms with Crippen LogP contribution in [0.25, 0.3) is 16.5 Å². The van der Waals surface area contributed by atoms with Crippen LogP contribution in [0.3, 0.4) is 0 Å². The molecule has 0 aromatic carbocycles. The molecule has 1 saturated heterocycles. The maximum Gasteiger partial charge on any atom is 0.408 e. The van der Waals surface area contributed by atoms with E-state index in [0.29, 0.717) is 37.5 Å². The van der Waals surface area contributed by atoms with Gasteiger partial charge in [0.2, 0.25) is 0 Å². The molecule has 40 heavy (non-hydrogen) atoms. The van der Waals surface area contributed by atoms with Crippen molar-refractivity contribution in [3.8, 4) is 16.5 Å². The molecule has 5 heterocycles. The third-order valence-corrected chi connectivity index (χ3v) is 7.98. The molecule has 2 fully saturated rings. The van der Waals surface area contributed by atoms with Crippen molar-refractivity contribution < 1.29 is 22.4 Å². The summed E-state index contributed by atoms with van der Waals surface area (Å²) in [5.41, 5.74) is 2.57. The van der Waals surface area contributed by atoms with Gasteiger partial charge in [-0.2, -0.15) is 13.2 Å². The summed E-state index contributed by atoms with van der Waals surface area (Å²) in [6.45, 7) is 2.07. The van der Waals surface area contributed by atoms with E-state index in [1.54, 1.807) is 18.6 Å². The fraction of sp³-hybridized carbons (Fsp3) is 0.440. The number of imidazole rings is 1. The molecule has 1 saturated carbocycles. The molecule has 210 valence electrons. The zero-order valence-corrected chi connectivity index (χ0v) is 22.2. The molecule has 10 nitrogen and oxygen atoms in total. The van der Waals surface area contributed by atoms with Crippen molar-refractivity contribution in [2.45, 2.75) is 56.9 Å². The van der Waals surface area contributed by atoms with Gasteiger partial charge in [0.15, 0.2) is 10.8 Å². The highest BCUT2D eigenvalue weighted by Gasteiger charge is 2.39. The first kappa shape index (κ1) is 26.3. The van der Waals surface area contributed by atoms with E-state index >= 15 is 0 Å². The maximum atomic E-state index is 13.8. The zero-order valence-electron chi connectivity index (χ0n) is 21.3. The molecule has 1 N–H and O–H groups in total. The highest BCUT2D eigenvalue weighted by Crippen LogP contribution is 2.40. The van der Waals surface area contributed by atoms with Gasteiger partial charge < -0.3 is 14.8 Å². The average Bonchev–Trinajstić information content (AvgIpc) is 3.30. The maximum absolute atomic E-state index is 13.8. The van der Waals surface area contributed by atoms with Gasteiger partial charge in [-0.05, 0) is 38.7 Å². The number of nitrogens with one attached hydrogen (secondary N) is 1. The topological polar surface area (TPSA) is 107 Å². The molecule has 1 unspecified atom stereocenters. The third kappa shape index (κ3) is 5.29. The molecular formula is C25H25F4N9OS. The van der Waals surface area contributed by atoms with Crippen LogP contribution in [-0.2, 0) is 0 Å². The lowest BCUT2D eigenvalue weighted by atomic mass is 10.1.